The zero-order valence-electron chi connectivity index (χ0n) is 15.9. The van der Waals surface area contributed by atoms with Crippen molar-refractivity contribution >= 4 is 17.7 Å². The summed E-state index contributed by atoms with van der Waals surface area (Å²) in [5.74, 6) is 1.38. The number of ether oxygens (including phenoxy) is 1. The van der Waals surface area contributed by atoms with Crippen molar-refractivity contribution < 1.29 is 22.7 Å². The van der Waals surface area contributed by atoms with Gasteiger partial charge >= 0.3 is 6.61 Å². The van der Waals surface area contributed by atoms with Crippen molar-refractivity contribution in [2.45, 2.75) is 56.4 Å². The van der Waals surface area contributed by atoms with E-state index in [1.165, 1.54) is 49.6 Å². The lowest BCUT2D eigenvalue weighted by molar-refractivity contribution is -0.134. The summed E-state index contributed by atoms with van der Waals surface area (Å²) < 4.78 is 34.4. The second-order valence-electron chi connectivity index (χ2n) is 7.41. The van der Waals surface area contributed by atoms with Crippen molar-refractivity contribution in [1.82, 2.24) is 15.1 Å². The smallest absolute Gasteiger partial charge is 0.387 e. The van der Waals surface area contributed by atoms with Crippen LogP contribution in [-0.4, -0.2) is 46.0 Å². The molecule has 1 amide bonds. The molecule has 2 heterocycles. The molecule has 0 spiro atoms. The standard InChI is InChI=1S/C20H23F2N3O3S/c21-19(22)27-15-9-7-14(8-10-15)18-23-24-20(28-18)29-12-17(26)25-11-3-5-13-4-1-2-6-16(13)25/h7-10,13,16,19H,1-6,11-12H2. The van der Waals surface area contributed by atoms with Gasteiger partial charge in [0, 0.05) is 18.2 Å². The van der Waals surface area contributed by atoms with E-state index in [4.69, 9.17) is 4.42 Å². The molecule has 2 aromatic rings. The molecular formula is C20H23F2N3O3S. The SMILES string of the molecule is O=C(CSc1nnc(-c2ccc(OC(F)F)cc2)o1)N1CCCC2CCCCC21. The second kappa shape index (κ2) is 9.11. The molecule has 2 atom stereocenters. The Morgan fingerprint density at radius 1 is 1.17 bits per heavy atom. The first-order chi connectivity index (χ1) is 14.1. The van der Waals surface area contributed by atoms with Crippen LogP contribution in [-0.2, 0) is 4.79 Å². The van der Waals surface area contributed by atoms with E-state index < -0.39 is 6.61 Å². The van der Waals surface area contributed by atoms with Crippen molar-refractivity contribution in [3.8, 4) is 17.2 Å². The second-order valence-corrected chi connectivity index (χ2v) is 8.33. The van der Waals surface area contributed by atoms with Gasteiger partial charge in [-0.1, -0.05) is 24.6 Å². The molecule has 9 heteroatoms. The molecule has 1 aromatic carbocycles. The Hall–Kier alpha value is -2.16. The molecule has 1 aliphatic heterocycles. The van der Waals surface area contributed by atoms with Gasteiger partial charge in [-0.15, -0.1) is 10.2 Å². The number of rotatable bonds is 6. The fourth-order valence-corrected chi connectivity index (χ4v) is 4.95. The highest BCUT2D eigenvalue weighted by atomic mass is 32.2. The van der Waals surface area contributed by atoms with E-state index in [0.29, 0.717) is 22.7 Å². The van der Waals surface area contributed by atoms with E-state index in [9.17, 15) is 13.6 Å². The summed E-state index contributed by atoms with van der Waals surface area (Å²) in [4.78, 5) is 14.8. The van der Waals surface area contributed by atoms with Gasteiger partial charge in [-0.05, 0) is 55.9 Å². The molecule has 156 valence electrons. The van der Waals surface area contributed by atoms with E-state index in [1.54, 1.807) is 12.1 Å². The number of aromatic nitrogens is 2. The molecule has 4 rings (SSSR count). The van der Waals surface area contributed by atoms with Crippen LogP contribution in [0.2, 0.25) is 0 Å². The molecule has 0 radical (unpaired) electrons. The normalized spacial score (nSPS) is 21.8. The first kappa shape index (κ1) is 20.1. The highest BCUT2D eigenvalue weighted by Crippen LogP contribution is 2.36. The van der Waals surface area contributed by atoms with Crippen molar-refractivity contribution in [3.05, 3.63) is 24.3 Å². The first-order valence-corrected chi connectivity index (χ1v) is 10.9. The summed E-state index contributed by atoms with van der Waals surface area (Å²) in [6.07, 6.45) is 7.13. The number of amides is 1. The Morgan fingerprint density at radius 3 is 2.72 bits per heavy atom. The monoisotopic (exact) mass is 423 g/mol. The molecule has 1 saturated heterocycles. The van der Waals surface area contributed by atoms with Gasteiger partial charge in [0.05, 0.1) is 5.75 Å². The van der Waals surface area contributed by atoms with E-state index in [1.807, 2.05) is 0 Å². The van der Waals surface area contributed by atoms with Gasteiger partial charge in [-0.25, -0.2) is 0 Å². The predicted molar refractivity (Wildman–Crippen MR) is 104 cm³/mol. The maximum absolute atomic E-state index is 12.8. The summed E-state index contributed by atoms with van der Waals surface area (Å²) in [5.41, 5.74) is 0.596. The van der Waals surface area contributed by atoms with E-state index in [0.717, 1.165) is 19.4 Å². The van der Waals surface area contributed by atoms with Gasteiger partial charge in [0.2, 0.25) is 11.8 Å². The fourth-order valence-electron chi connectivity index (χ4n) is 4.30. The first-order valence-electron chi connectivity index (χ1n) is 9.91. The third kappa shape index (κ3) is 4.88. The van der Waals surface area contributed by atoms with Crippen LogP contribution in [0.25, 0.3) is 11.5 Å². The van der Waals surface area contributed by atoms with Crippen LogP contribution >= 0.6 is 11.8 Å². The zero-order valence-corrected chi connectivity index (χ0v) is 16.7. The van der Waals surface area contributed by atoms with Crippen LogP contribution in [0.4, 0.5) is 8.78 Å². The molecule has 0 N–H and O–H groups in total. The fraction of sp³-hybridized carbons (Fsp3) is 0.550. The minimum absolute atomic E-state index is 0.0611. The average molecular weight is 423 g/mol. The molecule has 0 bridgehead atoms. The zero-order chi connectivity index (χ0) is 20.2. The highest BCUT2D eigenvalue weighted by Gasteiger charge is 2.35. The number of benzene rings is 1. The van der Waals surface area contributed by atoms with Crippen LogP contribution in [0.1, 0.15) is 38.5 Å². The Balaban J connectivity index is 1.34. The Kier molecular flexibility index (Phi) is 6.32. The van der Waals surface area contributed by atoms with Crippen LogP contribution in [0.5, 0.6) is 5.75 Å². The topological polar surface area (TPSA) is 68.5 Å². The maximum atomic E-state index is 12.8. The number of carbonyl (C=O) groups is 1. The molecule has 29 heavy (non-hydrogen) atoms. The summed E-state index contributed by atoms with van der Waals surface area (Å²) in [6.45, 7) is -2.03. The van der Waals surface area contributed by atoms with E-state index in [2.05, 4.69) is 19.8 Å². The van der Waals surface area contributed by atoms with Crippen molar-refractivity contribution in [3.63, 3.8) is 0 Å². The van der Waals surface area contributed by atoms with Crippen LogP contribution in [0.3, 0.4) is 0 Å². The van der Waals surface area contributed by atoms with Crippen LogP contribution < -0.4 is 4.74 Å². The number of likely N-dealkylation sites (tertiary alicyclic amines) is 1. The number of nitrogens with zero attached hydrogens (tertiary/aromatic N) is 3. The lowest BCUT2D eigenvalue weighted by atomic mass is 9.78. The average Bonchev–Trinajstić information content (AvgIpc) is 3.21. The number of hydrogen-bond acceptors (Lipinski definition) is 6. The summed E-state index contributed by atoms with van der Waals surface area (Å²) in [7, 11) is 0. The van der Waals surface area contributed by atoms with E-state index >= 15 is 0 Å². The Morgan fingerprint density at radius 2 is 1.93 bits per heavy atom. The Bertz CT molecular complexity index is 829. The van der Waals surface area contributed by atoms with Crippen molar-refractivity contribution in [1.29, 1.82) is 0 Å². The molecule has 6 nitrogen and oxygen atoms in total. The quantitative estimate of drug-likeness (QED) is 0.632. The third-order valence-electron chi connectivity index (χ3n) is 5.62. The summed E-state index contributed by atoms with van der Waals surface area (Å²) in [6, 6.07) is 6.36. The molecule has 2 fully saturated rings. The molecule has 2 unspecified atom stereocenters. The van der Waals surface area contributed by atoms with E-state index in [-0.39, 0.29) is 23.3 Å². The number of alkyl halides is 2. The summed E-state index contributed by atoms with van der Waals surface area (Å²) in [5, 5.41) is 8.29. The number of thioether (sulfide) groups is 1. The third-order valence-corrected chi connectivity index (χ3v) is 6.42. The number of carbonyl (C=O) groups excluding carboxylic acids is 1. The molecule has 1 aromatic heterocycles. The molecule has 1 saturated carbocycles. The van der Waals surface area contributed by atoms with Gasteiger partial charge in [0.15, 0.2) is 0 Å². The minimum Gasteiger partial charge on any atom is -0.435 e. The van der Waals surface area contributed by atoms with Gasteiger partial charge in [-0.2, -0.15) is 8.78 Å². The summed E-state index contributed by atoms with van der Waals surface area (Å²) >= 11 is 1.23. The minimum atomic E-state index is -2.87. The Labute approximate surface area is 172 Å². The predicted octanol–water partition coefficient (Wildman–Crippen LogP) is 4.61. The lowest BCUT2D eigenvalue weighted by Gasteiger charge is -2.44. The van der Waals surface area contributed by atoms with Crippen LogP contribution in [0.15, 0.2) is 33.9 Å². The number of hydrogen-bond donors (Lipinski definition) is 0. The van der Waals surface area contributed by atoms with Gasteiger partial charge < -0.3 is 14.1 Å². The largest absolute Gasteiger partial charge is 0.435 e. The van der Waals surface area contributed by atoms with Gasteiger partial charge in [0.25, 0.3) is 5.22 Å². The molecule has 1 aliphatic carbocycles. The number of fused-ring (bicyclic) bond motifs is 1. The molecular weight excluding hydrogens is 400 g/mol. The van der Waals surface area contributed by atoms with Gasteiger partial charge in [-0.3, -0.25) is 4.79 Å². The lowest BCUT2D eigenvalue weighted by Crippen LogP contribution is -2.50. The number of halogens is 2. The van der Waals surface area contributed by atoms with Crippen molar-refractivity contribution in [2.24, 2.45) is 5.92 Å². The highest BCUT2D eigenvalue weighted by molar-refractivity contribution is 7.99. The van der Waals surface area contributed by atoms with Crippen molar-refractivity contribution in [2.75, 3.05) is 12.3 Å². The maximum Gasteiger partial charge on any atom is 0.387 e. The van der Waals surface area contributed by atoms with Crippen LogP contribution in [0, 0.1) is 5.92 Å². The molecule has 2 aliphatic rings. The van der Waals surface area contributed by atoms with Gasteiger partial charge in [0.1, 0.15) is 5.75 Å². The number of piperidine rings is 1.